The van der Waals surface area contributed by atoms with Crippen LogP contribution >= 0.6 is 11.8 Å². The molecule has 7 heteroatoms. The Morgan fingerprint density at radius 3 is 2.55 bits per heavy atom. The monoisotopic (exact) mass is 306 g/mol. The quantitative estimate of drug-likeness (QED) is 0.506. The van der Waals surface area contributed by atoms with Gasteiger partial charge < -0.3 is 20.5 Å². The van der Waals surface area contributed by atoms with Gasteiger partial charge in [-0.05, 0) is 45.1 Å². The third-order valence-corrected chi connectivity index (χ3v) is 3.17. The van der Waals surface area contributed by atoms with Crippen LogP contribution in [0.4, 0.5) is 4.79 Å². The molecule has 0 saturated carbocycles. The number of unbranched alkanes of at least 4 members (excludes halogenated alkanes) is 1. The Bertz CT molecular complexity index is 288. The number of ether oxygens (including phenoxy) is 1. The molecular formula is C13H26N2O4S. The maximum Gasteiger partial charge on any atom is 0.326 e. The summed E-state index contributed by atoms with van der Waals surface area (Å²) in [5, 5.41) is 14.1. The molecule has 0 aliphatic heterocycles. The molecule has 2 amide bonds. The molecule has 0 radical (unpaired) electrons. The Labute approximate surface area is 125 Å². The van der Waals surface area contributed by atoms with Gasteiger partial charge in [0.25, 0.3) is 0 Å². The van der Waals surface area contributed by atoms with Crippen molar-refractivity contribution in [3.05, 3.63) is 0 Å². The highest BCUT2D eigenvalue weighted by molar-refractivity contribution is 7.98. The van der Waals surface area contributed by atoms with Gasteiger partial charge in [0.1, 0.15) is 6.04 Å². The Balaban J connectivity index is 3.71. The molecule has 118 valence electrons. The number of nitrogens with one attached hydrogen (secondary N) is 2. The van der Waals surface area contributed by atoms with Crippen LogP contribution in [0.1, 0.15) is 33.1 Å². The lowest BCUT2D eigenvalue weighted by Crippen LogP contribution is -2.46. The minimum atomic E-state index is -1.00. The van der Waals surface area contributed by atoms with E-state index in [1.54, 1.807) is 11.8 Å². The molecule has 0 aromatic carbocycles. The summed E-state index contributed by atoms with van der Waals surface area (Å²) in [6.07, 6.45) is 4.22. The summed E-state index contributed by atoms with van der Waals surface area (Å²) in [4.78, 5) is 22.5. The van der Waals surface area contributed by atoms with Crippen LogP contribution in [0.15, 0.2) is 0 Å². The highest BCUT2D eigenvalue weighted by Gasteiger charge is 2.18. The molecule has 0 rings (SSSR count). The van der Waals surface area contributed by atoms with Gasteiger partial charge in [-0.1, -0.05) is 0 Å². The third-order valence-electron chi connectivity index (χ3n) is 2.52. The van der Waals surface area contributed by atoms with Gasteiger partial charge in [0.2, 0.25) is 0 Å². The van der Waals surface area contributed by atoms with E-state index < -0.39 is 18.0 Å². The second kappa shape index (κ2) is 11.8. The van der Waals surface area contributed by atoms with Gasteiger partial charge in [-0.25, -0.2) is 9.59 Å². The lowest BCUT2D eigenvalue weighted by atomic mass is 10.2. The number of carbonyl (C=O) groups excluding carboxylic acids is 1. The number of carbonyl (C=O) groups is 2. The Hall–Kier alpha value is -0.950. The first-order valence-corrected chi connectivity index (χ1v) is 8.24. The van der Waals surface area contributed by atoms with Gasteiger partial charge >= 0.3 is 12.0 Å². The maximum absolute atomic E-state index is 11.5. The second-order valence-corrected chi connectivity index (χ2v) is 5.68. The number of amides is 2. The van der Waals surface area contributed by atoms with Crippen LogP contribution in [0, 0.1) is 0 Å². The molecule has 0 aromatic heterocycles. The van der Waals surface area contributed by atoms with Crippen LogP contribution < -0.4 is 10.6 Å². The predicted octanol–water partition coefficient (Wildman–Crippen LogP) is 1.70. The zero-order chi connectivity index (χ0) is 15.4. The number of hydrogen-bond acceptors (Lipinski definition) is 4. The van der Waals surface area contributed by atoms with Crippen LogP contribution in [0.5, 0.6) is 0 Å². The highest BCUT2D eigenvalue weighted by Crippen LogP contribution is 2.01. The van der Waals surface area contributed by atoms with E-state index in [1.807, 2.05) is 20.1 Å². The Morgan fingerprint density at radius 2 is 2.00 bits per heavy atom. The Morgan fingerprint density at radius 1 is 1.30 bits per heavy atom. The van der Waals surface area contributed by atoms with E-state index in [9.17, 15) is 9.59 Å². The van der Waals surface area contributed by atoms with Crippen LogP contribution in [-0.2, 0) is 9.53 Å². The van der Waals surface area contributed by atoms with E-state index >= 15 is 0 Å². The first-order chi connectivity index (χ1) is 9.47. The normalized spacial score (nSPS) is 12.2. The molecule has 0 fully saturated rings. The van der Waals surface area contributed by atoms with Crippen molar-refractivity contribution in [2.45, 2.75) is 45.3 Å². The van der Waals surface area contributed by atoms with Crippen molar-refractivity contribution in [1.82, 2.24) is 10.6 Å². The van der Waals surface area contributed by atoms with Gasteiger partial charge in [0, 0.05) is 13.2 Å². The Kier molecular flexibility index (Phi) is 11.3. The molecule has 0 aliphatic carbocycles. The van der Waals surface area contributed by atoms with Gasteiger partial charge in [0.15, 0.2) is 0 Å². The molecule has 0 spiro atoms. The topological polar surface area (TPSA) is 87.7 Å². The van der Waals surface area contributed by atoms with Gasteiger partial charge in [-0.15, -0.1) is 0 Å². The summed E-state index contributed by atoms with van der Waals surface area (Å²) in [6.45, 7) is 5.15. The molecule has 0 saturated heterocycles. The minimum absolute atomic E-state index is 0.221. The number of hydrogen-bond donors (Lipinski definition) is 3. The zero-order valence-electron chi connectivity index (χ0n) is 12.5. The first-order valence-electron chi connectivity index (χ1n) is 6.85. The SMILES string of the molecule is CSCC[C@H](NC(=O)NCCCCOC(C)C)C(=O)O. The smallest absolute Gasteiger partial charge is 0.326 e. The van der Waals surface area contributed by atoms with Gasteiger partial charge in [-0.3, -0.25) is 0 Å². The second-order valence-electron chi connectivity index (χ2n) is 4.70. The molecule has 0 aliphatic rings. The van der Waals surface area contributed by atoms with Crippen LogP contribution in [0.3, 0.4) is 0 Å². The number of aliphatic carboxylic acids is 1. The molecule has 6 nitrogen and oxygen atoms in total. The fourth-order valence-electron chi connectivity index (χ4n) is 1.45. The molecular weight excluding hydrogens is 280 g/mol. The number of rotatable bonds is 11. The fraction of sp³-hybridized carbons (Fsp3) is 0.846. The number of urea groups is 1. The van der Waals surface area contributed by atoms with Crippen molar-refractivity contribution >= 4 is 23.8 Å². The average Bonchev–Trinajstić information content (AvgIpc) is 2.37. The number of carboxylic acids is 1. The van der Waals surface area contributed by atoms with Crippen molar-refractivity contribution in [2.24, 2.45) is 0 Å². The molecule has 0 unspecified atom stereocenters. The van der Waals surface area contributed by atoms with Crippen molar-refractivity contribution in [3.8, 4) is 0 Å². The van der Waals surface area contributed by atoms with Crippen molar-refractivity contribution < 1.29 is 19.4 Å². The van der Waals surface area contributed by atoms with E-state index in [1.165, 1.54) is 0 Å². The van der Waals surface area contributed by atoms with Crippen molar-refractivity contribution in [2.75, 3.05) is 25.2 Å². The molecule has 20 heavy (non-hydrogen) atoms. The van der Waals surface area contributed by atoms with E-state index in [0.29, 0.717) is 25.3 Å². The van der Waals surface area contributed by atoms with Crippen molar-refractivity contribution in [1.29, 1.82) is 0 Å². The van der Waals surface area contributed by atoms with Crippen LogP contribution in [-0.4, -0.2) is 54.4 Å². The zero-order valence-corrected chi connectivity index (χ0v) is 13.3. The maximum atomic E-state index is 11.5. The summed E-state index contributed by atoms with van der Waals surface area (Å²) in [5.74, 6) is -0.302. The van der Waals surface area contributed by atoms with Crippen molar-refractivity contribution in [3.63, 3.8) is 0 Å². The summed E-state index contributed by atoms with van der Waals surface area (Å²) < 4.78 is 5.38. The van der Waals surface area contributed by atoms with E-state index in [4.69, 9.17) is 9.84 Å². The summed E-state index contributed by atoms with van der Waals surface area (Å²) in [5.41, 5.74) is 0. The first kappa shape index (κ1) is 19.1. The number of thioether (sulfide) groups is 1. The molecule has 3 N–H and O–H groups in total. The van der Waals surface area contributed by atoms with E-state index in [2.05, 4.69) is 10.6 Å². The van der Waals surface area contributed by atoms with Gasteiger partial charge in [0.05, 0.1) is 6.10 Å². The lowest BCUT2D eigenvalue weighted by molar-refractivity contribution is -0.139. The van der Waals surface area contributed by atoms with Gasteiger partial charge in [-0.2, -0.15) is 11.8 Å². The molecule has 1 atom stereocenters. The average molecular weight is 306 g/mol. The lowest BCUT2D eigenvalue weighted by Gasteiger charge is -2.14. The van der Waals surface area contributed by atoms with Crippen LogP contribution in [0.25, 0.3) is 0 Å². The largest absolute Gasteiger partial charge is 0.480 e. The molecule has 0 heterocycles. The van der Waals surface area contributed by atoms with Crippen LogP contribution in [0.2, 0.25) is 0 Å². The summed E-state index contributed by atoms with van der Waals surface area (Å²) in [7, 11) is 0. The highest BCUT2D eigenvalue weighted by atomic mass is 32.2. The van der Waals surface area contributed by atoms with E-state index in [-0.39, 0.29) is 6.10 Å². The molecule has 0 bridgehead atoms. The summed E-state index contributed by atoms with van der Waals surface area (Å²) in [6, 6.07) is -1.25. The summed E-state index contributed by atoms with van der Waals surface area (Å²) >= 11 is 1.55. The predicted molar refractivity (Wildman–Crippen MR) is 81.3 cm³/mol. The fourth-order valence-corrected chi connectivity index (χ4v) is 1.92. The molecule has 0 aromatic rings. The minimum Gasteiger partial charge on any atom is -0.480 e. The third kappa shape index (κ3) is 10.9. The standard InChI is InChI=1S/C13H26N2O4S/c1-10(2)19-8-5-4-7-14-13(18)15-11(12(16)17)6-9-20-3/h10-11H,4-9H2,1-3H3,(H,16,17)(H2,14,15,18)/t11-/m0/s1. The van der Waals surface area contributed by atoms with E-state index in [0.717, 1.165) is 12.8 Å². The number of carboxylic acid groups (broad SMARTS) is 1.